The van der Waals surface area contributed by atoms with E-state index in [2.05, 4.69) is 5.32 Å². The van der Waals surface area contributed by atoms with E-state index < -0.39 is 6.10 Å². The molecule has 0 bridgehead atoms. The molecule has 0 spiro atoms. The van der Waals surface area contributed by atoms with Crippen LogP contribution in [-0.2, 0) is 4.79 Å². The summed E-state index contributed by atoms with van der Waals surface area (Å²) >= 11 is 6.05. The summed E-state index contributed by atoms with van der Waals surface area (Å²) in [4.78, 5) is 12.4. The minimum atomic E-state index is -0.641. The minimum absolute atomic E-state index is 0.232. The van der Waals surface area contributed by atoms with Gasteiger partial charge in [-0.05, 0) is 43.2 Å². The first kappa shape index (κ1) is 17.3. The first-order valence-electron chi connectivity index (χ1n) is 7.48. The van der Waals surface area contributed by atoms with Crippen LogP contribution in [0.1, 0.15) is 31.9 Å². The number of ether oxygens (including phenoxy) is 1. The molecule has 0 fully saturated rings. The molecule has 23 heavy (non-hydrogen) atoms. The molecule has 0 heterocycles. The molecule has 0 saturated heterocycles. The van der Waals surface area contributed by atoms with Gasteiger partial charge in [0.2, 0.25) is 0 Å². The highest BCUT2D eigenvalue weighted by atomic mass is 35.5. The maximum atomic E-state index is 13.0. The molecule has 0 aliphatic heterocycles. The van der Waals surface area contributed by atoms with E-state index in [0.29, 0.717) is 17.2 Å². The Morgan fingerprint density at radius 3 is 2.48 bits per heavy atom. The molecule has 0 aliphatic rings. The molecule has 2 aromatic rings. The van der Waals surface area contributed by atoms with Gasteiger partial charge in [-0.1, -0.05) is 42.8 Å². The topological polar surface area (TPSA) is 38.3 Å². The molecule has 1 N–H and O–H groups in total. The zero-order valence-electron chi connectivity index (χ0n) is 13.1. The maximum Gasteiger partial charge on any atom is 0.261 e. The Labute approximate surface area is 140 Å². The highest BCUT2D eigenvalue weighted by Gasteiger charge is 2.21. The fraction of sp³-hybridized carbons (Fsp3) is 0.278. The fourth-order valence-corrected chi connectivity index (χ4v) is 2.34. The molecule has 2 rings (SSSR count). The number of amides is 1. The second-order valence-electron chi connectivity index (χ2n) is 5.23. The number of hydrogen-bond donors (Lipinski definition) is 1. The molecule has 0 radical (unpaired) electrons. The van der Waals surface area contributed by atoms with Gasteiger partial charge in [0.15, 0.2) is 6.10 Å². The Balaban J connectivity index is 2.02. The average molecular weight is 336 g/mol. The molecule has 2 aromatic carbocycles. The largest absolute Gasteiger partial charge is 0.479 e. The summed E-state index contributed by atoms with van der Waals surface area (Å²) in [5.74, 6) is -0.0596. The van der Waals surface area contributed by atoms with Crippen LogP contribution in [0, 0.1) is 5.82 Å². The first-order chi connectivity index (χ1) is 11.0. The zero-order chi connectivity index (χ0) is 16.8. The van der Waals surface area contributed by atoms with Gasteiger partial charge in [-0.2, -0.15) is 0 Å². The van der Waals surface area contributed by atoms with Gasteiger partial charge < -0.3 is 10.1 Å². The van der Waals surface area contributed by atoms with Crippen molar-refractivity contribution in [1.82, 2.24) is 5.32 Å². The predicted molar refractivity (Wildman–Crippen MR) is 89.1 cm³/mol. The second-order valence-corrected chi connectivity index (χ2v) is 5.63. The van der Waals surface area contributed by atoms with Crippen LogP contribution in [-0.4, -0.2) is 12.0 Å². The quantitative estimate of drug-likeness (QED) is 0.843. The molecular weight excluding hydrogens is 317 g/mol. The molecule has 0 aliphatic carbocycles. The summed E-state index contributed by atoms with van der Waals surface area (Å²) in [5.41, 5.74) is 0.826. The summed E-state index contributed by atoms with van der Waals surface area (Å²) in [6, 6.07) is 12.8. The molecule has 0 aromatic heterocycles. The van der Waals surface area contributed by atoms with Gasteiger partial charge in [0.25, 0.3) is 5.91 Å². The number of hydrogen-bond acceptors (Lipinski definition) is 2. The Morgan fingerprint density at radius 1 is 1.22 bits per heavy atom. The summed E-state index contributed by atoms with van der Waals surface area (Å²) in [7, 11) is 0. The van der Waals surface area contributed by atoms with Crippen LogP contribution in [0.4, 0.5) is 4.39 Å². The standard InChI is InChI=1S/C18H19ClFNO2/c1-3-16(23-17-7-5-4-6-15(17)19)18(22)21-12(2)13-8-10-14(20)11-9-13/h4-12,16H,3H2,1-2H3,(H,21,22). The SMILES string of the molecule is CCC(Oc1ccccc1Cl)C(=O)NC(C)c1ccc(F)cc1. The third-order valence-corrected chi connectivity index (χ3v) is 3.81. The summed E-state index contributed by atoms with van der Waals surface area (Å²) < 4.78 is 18.7. The van der Waals surface area contributed by atoms with Crippen LogP contribution < -0.4 is 10.1 Å². The van der Waals surface area contributed by atoms with Crippen LogP contribution >= 0.6 is 11.6 Å². The Bertz CT molecular complexity index is 660. The smallest absolute Gasteiger partial charge is 0.261 e. The summed E-state index contributed by atoms with van der Waals surface area (Å²) in [6.07, 6.45) is -0.134. The number of benzene rings is 2. The third kappa shape index (κ3) is 4.70. The molecule has 5 heteroatoms. The van der Waals surface area contributed by atoms with Gasteiger partial charge in [0.05, 0.1) is 11.1 Å². The number of carbonyl (C=O) groups excluding carboxylic acids is 1. The fourth-order valence-electron chi connectivity index (χ4n) is 2.16. The lowest BCUT2D eigenvalue weighted by molar-refractivity contribution is -0.128. The Hall–Kier alpha value is -2.07. The van der Waals surface area contributed by atoms with Crippen LogP contribution in [0.2, 0.25) is 5.02 Å². The van der Waals surface area contributed by atoms with E-state index in [1.807, 2.05) is 13.8 Å². The van der Waals surface area contributed by atoms with Crippen LogP contribution in [0.25, 0.3) is 0 Å². The van der Waals surface area contributed by atoms with Crippen molar-refractivity contribution in [2.75, 3.05) is 0 Å². The van der Waals surface area contributed by atoms with Crippen LogP contribution in [0.5, 0.6) is 5.75 Å². The Kier molecular flexibility index (Phi) is 5.99. The average Bonchev–Trinajstić information content (AvgIpc) is 2.54. The number of carbonyl (C=O) groups is 1. The molecular formula is C18H19ClFNO2. The van der Waals surface area contributed by atoms with E-state index in [1.54, 1.807) is 36.4 Å². The number of nitrogens with one attached hydrogen (secondary N) is 1. The van der Waals surface area contributed by atoms with E-state index in [0.717, 1.165) is 5.56 Å². The predicted octanol–water partition coefficient (Wildman–Crippen LogP) is 4.51. The summed E-state index contributed by atoms with van der Waals surface area (Å²) in [5, 5.41) is 3.34. The third-order valence-electron chi connectivity index (χ3n) is 3.50. The van der Waals surface area contributed by atoms with E-state index in [9.17, 15) is 9.18 Å². The van der Waals surface area contributed by atoms with Gasteiger partial charge in [0, 0.05) is 0 Å². The Morgan fingerprint density at radius 2 is 1.87 bits per heavy atom. The van der Waals surface area contributed by atoms with Gasteiger partial charge in [0.1, 0.15) is 11.6 Å². The summed E-state index contributed by atoms with van der Waals surface area (Å²) in [6.45, 7) is 3.71. The van der Waals surface area contributed by atoms with Crippen LogP contribution in [0.3, 0.4) is 0 Å². The van der Waals surface area contributed by atoms with Crippen molar-refractivity contribution >= 4 is 17.5 Å². The second kappa shape index (κ2) is 7.97. The van der Waals surface area contributed by atoms with Crippen molar-refractivity contribution < 1.29 is 13.9 Å². The zero-order valence-corrected chi connectivity index (χ0v) is 13.8. The number of halogens is 2. The normalized spacial score (nSPS) is 13.2. The van der Waals surface area contributed by atoms with Crippen molar-refractivity contribution in [3.8, 4) is 5.75 Å². The van der Waals surface area contributed by atoms with Crippen molar-refractivity contribution in [3.63, 3.8) is 0 Å². The molecule has 122 valence electrons. The molecule has 3 nitrogen and oxygen atoms in total. The van der Waals surface area contributed by atoms with E-state index in [4.69, 9.17) is 16.3 Å². The van der Waals surface area contributed by atoms with Crippen molar-refractivity contribution in [1.29, 1.82) is 0 Å². The lowest BCUT2D eigenvalue weighted by atomic mass is 10.1. The molecule has 2 atom stereocenters. The van der Waals surface area contributed by atoms with Crippen molar-refractivity contribution in [2.24, 2.45) is 0 Å². The first-order valence-corrected chi connectivity index (χ1v) is 7.86. The minimum Gasteiger partial charge on any atom is -0.479 e. The van der Waals surface area contributed by atoms with Gasteiger partial charge in [-0.15, -0.1) is 0 Å². The van der Waals surface area contributed by atoms with E-state index in [1.165, 1.54) is 12.1 Å². The number of para-hydroxylation sites is 1. The highest BCUT2D eigenvalue weighted by molar-refractivity contribution is 6.32. The van der Waals surface area contributed by atoms with Crippen LogP contribution in [0.15, 0.2) is 48.5 Å². The van der Waals surface area contributed by atoms with Crippen molar-refractivity contribution in [2.45, 2.75) is 32.4 Å². The van der Waals surface area contributed by atoms with Crippen molar-refractivity contribution in [3.05, 3.63) is 64.9 Å². The molecule has 1 amide bonds. The van der Waals surface area contributed by atoms with E-state index in [-0.39, 0.29) is 17.8 Å². The highest BCUT2D eigenvalue weighted by Crippen LogP contribution is 2.25. The lowest BCUT2D eigenvalue weighted by Crippen LogP contribution is -2.39. The van der Waals surface area contributed by atoms with Gasteiger partial charge in [-0.25, -0.2) is 4.39 Å². The molecule has 2 unspecified atom stereocenters. The maximum absolute atomic E-state index is 13.0. The monoisotopic (exact) mass is 335 g/mol. The van der Waals surface area contributed by atoms with Gasteiger partial charge in [-0.3, -0.25) is 4.79 Å². The lowest BCUT2D eigenvalue weighted by Gasteiger charge is -2.21. The van der Waals surface area contributed by atoms with E-state index >= 15 is 0 Å². The number of rotatable bonds is 6. The molecule has 0 saturated carbocycles. The van der Waals surface area contributed by atoms with Gasteiger partial charge >= 0.3 is 0 Å².